The number of hydrogen-bond donors (Lipinski definition) is 0. The Morgan fingerprint density at radius 3 is 1.47 bits per heavy atom. The Balaban J connectivity index is 3.64. The molecule has 0 saturated carbocycles. The van der Waals surface area contributed by atoms with E-state index in [-0.39, 0.29) is 0 Å². The summed E-state index contributed by atoms with van der Waals surface area (Å²) >= 11 is 0. The largest absolute Gasteiger partial charge is 0.313 e. The van der Waals surface area contributed by atoms with E-state index in [1.807, 2.05) is 0 Å². The Kier molecular flexibility index (Phi) is 3.50. The molecule has 13 heteroatoms. The zero-order valence-electron chi connectivity index (χ0n) is 8.62. The van der Waals surface area contributed by atoms with Crippen molar-refractivity contribution < 1.29 is 24.7 Å². The molecule has 1 aromatic carbocycles. The minimum atomic E-state index is -1.50. The summed E-state index contributed by atoms with van der Waals surface area (Å²) in [4.78, 5) is 41.9. The number of nitrogens with zero attached hydrogens (tertiary/aromatic N) is 4. The molecule has 0 saturated heterocycles. The molecule has 0 bridgehead atoms. The molecule has 0 aliphatic carbocycles. The summed E-state index contributed by atoms with van der Waals surface area (Å²) in [7, 11) is 0. The molecule has 0 aliphatic heterocycles. The summed E-state index contributed by atoms with van der Waals surface area (Å²) < 4.78 is 0. The van der Waals surface area contributed by atoms with E-state index in [1.54, 1.807) is 0 Å². The summed E-state index contributed by atoms with van der Waals surface area (Å²) in [5.74, 6) is -1.29. The van der Waals surface area contributed by atoms with Gasteiger partial charge in [-0.05, 0) is 0 Å². The second-order valence-electron chi connectivity index (χ2n) is 2.90. The first-order valence-corrected chi connectivity index (χ1v) is 4.17. The molecule has 0 radical (unpaired) electrons. The molecule has 0 aliphatic rings. The molecule has 0 N–H and O–H groups in total. The lowest BCUT2D eigenvalue weighted by molar-refractivity contribution is -0.712. The lowest BCUT2D eigenvalue weighted by atomic mass is 10.2. The third kappa shape index (κ3) is 2.84. The zero-order chi connectivity index (χ0) is 14.7. The van der Waals surface area contributed by atoms with Gasteiger partial charge in [0.25, 0.3) is 16.5 Å². The van der Waals surface area contributed by atoms with Gasteiger partial charge in [-0.15, -0.1) is 10.1 Å². The molecule has 0 unspecified atom stereocenters. The van der Waals surface area contributed by atoms with Crippen LogP contribution in [0.25, 0.3) is 0 Å². The number of benzene rings is 1. The van der Waals surface area contributed by atoms with E-state index in [4.69, 9.17) is 0 Å². The van der Waals surface area contributed by atoms with Crippen molar-refractivity contribution in [1.82, 2.24) is 0 Å². The normalized spacial score (nSPS) is 9.68. The smallest absolute Gasteiger partial charge is 0.261 e. The van der Waals surface area contributed by atoms with Crippen LogP contribution in [0.3, 0.4) is 0 Å². The predicted molar refractivity (Wildman–Crippen MR) is 54.0 cm³/mol. The minimum absolute atomic E-state index is 0.325. The van der Waals surface area contributed by atoms with E-state index in [2.05, 4.69) is 4.84 Å². The Hall–Kier alpha value is -3.38. The van der Waals surface area contributed by atoms with Crippen molar-refractivity contribution in [2.75, 3.05) is 0 Å². The van der Waals surface area contributed by atoms with Crippen LogP contribution in [-0.4, -0.2) is 19.9 Å². The minimum Gasteiger partial charge on any atom is -0.261 e. The highest BCUT2D eigenvalue weighted by atomic mass is 17.0. The Bertz CT molecular complexity index is 561. The van der Waals surface area contributed by atoms with Crippen LogP contribution in [0, 0.1) is 40.5 Å². The highest BCUT2D eigenvalue weighted by molar-refractivity contribution is 5.65. The number of non-ortho nitro benzene ring substituents is 1. The van der Waals surface area contributed by atoms with Crippen LogP contribution in [0.1, 0.15) is 0 Å². The van der Waals surface area contributed by atoms with E-state index in [0.29, 0.717) is 12.1 Å². The summed E-state index contributed by atoms with van der Waals surface area (Å²) in [5.41, 5.74) is -3.47. The number of nitro benzene ring substituents is 3. The van der Waals surface area contributed by atoms with Crippen LogP contribution in [0.4, 0.5) is 17.1 Å². The molecule has 0 fully saturated rings. The standard InChI is InChI=1S/C6H2N4O9/c11-7(12)3-1-4(8(13)14)6(19-10(17)18)5(2-3)9(15)16/h1-2H. The van der Waals surface area contributed by atoms with E-state index >= 15 is 0 Å². The maximum atomic E-state index is 10.6. The summed E-state index contributed by atoms with van der Waals surface area (Å²) in [6, 6.07) is 0.650. The molecule has 13 nitrogen and oxygen atoms in total. The lowest BCUT2D eigenvalue weighted by Crippen LogP contribution is -2.08. The average Bonchev–Trinajstić information content (AvgIpc) is 2.27. The van der Waals surface area contributed by atoms with Gasteiger partial charge in [-0.25, -0.2) is 0 Å². The molecule has 0 atom stereocenters. The van der Waals surface area contributed by atoms with E-state index in [1.165, 1.54) is 0 Å². The van der Waals surface area contributed by atoms with E-state index in [9.17, 15) is 40.5 Å². The molecule has 0 amide bonds. The van der Waals surface area contributed by atoms with Gasteiger partial charge in [-0.2, -0.15) is 0 Å². The van der Waals surface area contributed by atoms with Gasteiger partial charge in [0.1, 0.15) is 0 Å². The highest BCUT2D eigenvalue weighted by Gasteiger charge is 2.33. The second kappa shape index (κ2) is 4.86. The van der Waals surface area contributed by atoms with Crippen molar-refractivity contribution in [3.05, 3.63) is 52.6 Å². The molecule has 1 aromatic rings. The quantitative estimate of drug-likeness (QED) is 0.557. The van der Waals surface area contributed by atoms with Crippen LogP contribution < -0.4 is 4.84 Å². The van der Waals surface area contributed by atoms with Gasteiger partial charge < -0.3 is 0 Å². The molecular weight excluding hydrogens is 272 g/mol. The van der Waals surface area contributed by atoms with Crippen LogP contribution in [0.15, 0.2) is 12.1 Å². The number of rotatable bonds is 5. The first-order chi connectivity index (χ1) is 8.73. The summed E-state index contributed by atoms with van der Waals surface area (Å²) in [6.45, 7) is 0. The van der Waals surface area contributed by atoms with Crippen molar-refractivity contribution in [1.29, 1.82) is 0 Å². The molecule has 100 valence electrons. The van der Waals surface area contributed by atoms with Crippen LogP contribution in [0.2, 0.25) is 0 Å². The van der Waals surface area contributed by atoms with Crippen LogP contribution in [0.5, 0.6) is 5.75 Å². The third-order valence-electron chi connectivity index (χ3n) is 1.80. The van der Waals surface area contributed by atoms with Crippen molar-refractivity contribution in [3.8, 4) is 5.75 Å². The van der Waals surface area contributed by atoms with Gasteiger partial charge in [0.05, 0.1) is 26.9 Å². The van der Waals surface area contributed by atoms with Gasteiger partial charge >= 0.3 is 11.4 Å². The van der Waals surface area contributed by atoms with Gasteiger partial charge in [-0.1, -0.05) is 0 Å². The van der Waals surface area contributed by atoms with Gasteiger partial charge in [0.15, 0.2) is 0 Å². The maximum Gasteiger partial charge on any atom is 0.313 e. The van der Waals surface area contributed by atoms with Gasteiger partial charge in [0.2, 0.25) is 0 Å². The first kappa shape index (κ1) is 13.7. The molecular formula is C6H2N4O9. The average molecular weight is 274 g/mol. The topological polar surface area (TPSA) is 182 Å². The summed E-state index contributed by atoms with van der Waals surface area (Å²) in [6.07, 6.45) is 0. The zero-order valence-corrected chi connectivity index (χ0v) is 8.62. The maximum absolute atomic E-state index is 10.6. The highest BCUT2D eigenvalue weighted by Crippen LogP contribution is 2.40. The molecule has 0 spiro atoms. The number of nitro groups is 3. The van der Waals surface area contributed by atoms with Crippen molar-refractivity contribution in [2.24, 2.45) is 0 Å². The second-order valence-corrected chi connectivity index (χ2v) is 2.90. The van der Waals surface area contributed by atoms with Crippen molar-refractivity contribution in [3.63, 3.8) is 0 Å². The molecule has 0 heterocycles. The summed E-state index contributed by atoms with van der Waals surface area (Å²) in [5, 5.41) is 40.3. The molecule has 0 aromatic heterocycles. The Labute approximate surface area is 101 Å². The lowest BCUT2D eigenvalue weighted by Gasteiger charge is -2.01. The van der Waals surface area contributed by atoms with Gasteiger partial charge in [0, 0.05) is 0 Å². The number of hydrogen-bond acceptors (Lipinski definition) is 9. The molecule has 19 heavy (non-hydrogen) atoms. The van der Waals surface area contributed by atoms with Crippen molar-refractivity contribution >= 4 is 17.1 Å². The van der Waals surface area contributed by atoms with Crippen LogP contribution in [-0.2, 0) is 0 Å². The van der Waals surface area contributed by atoms with Gasteiger partial charge in [-0.3, -0.25) is 35.2 Å². The predicted octanol–water partition coefficient (Wildman–Crippen LogP) is 0.982. The monoisotopic (exact) mass is 274 g/mol. The Morgan fingerprint density at radius 1 is 0.789 bits per heavy atom. The fraction of sp³-hybridized carbons (Fsp3) is 0. The fourth-order valence-corrected chi connectivity index (χ4v) is 1.13. The SMILES string of the molecule is O=[N+]([O-])Oc1c([N+](=O)[O-])cc([N+](=O)[O-])cc1[N+](=O)[O-]. The Morgan fingerprint density at radius 2 is 1.21 bits per heavy atom. The first-order valence-electron chi connectivity index (χ1n) is 4.17. The van der Waals surface area contributed by atoms with E-state index in [0.717, 1.165) is 0 Å². The van der Waals surface area contributed by atoms with Crippen LogP contribution >= 0.6 is 0 Å². The third-order valence-corrected chi connectivity index (χ3v) is 1.80. The van der Waals surface area contributed by atoms with Crippen molar-refractivity contribution in [2.45, 2.75) is 0 Å². The molecule has 1 rings (SSSR count). The van der Waals surface area contributed by atoms with E-state index < -0.39 is 42.7 Å². The fourth-order valence-electron chi connectivity index (χ4n) is 1.13.